The normalized spacial score (nSPS) is 13.0. The second kappa shape index (κ2) is 4.31. The van der Waals surface area contributed by atoms with Gasteiger partial charge in [-0.15, -0.1) is 0 Å². The highest BCUT2D eigenvalue weighted by molar-refractivity contribution is 6.30. The predicted molar refractivity (Wildman–Crippen MR) is 60.3 cm³/mol. The van der Waals surface area contributed by atoms with Gasteiger partial charge in [-0.25, -0.2) is 0 Å². The van der Waals surface area contributed by atoms with E-state index in [-0.39, 0.29) is 0 Å². The van der Waals surface area contributed by atoms with Gasteiger partial charge in [-0.1, -0.05) is 11.6 Å². The number of rotatable bonds is 3. The quantitative estimate of drug-likeness (QED) is 0.895. The van der Waals surface area contributed by atoms with Gasteiger partial charge >= 0.3 is 0 Å². The molecule has 0 aromatic carbocycles. The number of aliphatic hydroxyl groups excluding tert-OH is 1. The number of aryl methyl sites for hydroxylation is 2. The van der Waals surface area contributed by atoms with Crippen molar-refractivity contribution in [2.75, 3.05) is 0 Å². The third-order valence-electron chi connectivity index (χ3n) is 2.50. The van der Waals surface area contributed by atoms with Crippen molar-refractivity contribution in [1.29, 1.82) is 0 Å². The van der Waals surface area contributed by atoms with E-state index >= 15 is 0 Å². The smallest absolute Gasteiger partial charge is 0.132 e. The Morgan fingerprint density at radius 3 is 2.88 bits per heavy atom. The summed E-state index contributed by atoms with van der Waals surface area (Å²) in [6.07, 6.45) is 1.30. The zero-order valence-corrected chi connectivity index (χ0v) is 9.90. The average molecular weight is 241 g/mol. The Labute approximate surface area is 98.4 Å². The summed E-state index contributed by atoms with van der Waals surface area (Å²) in [5.41, 5.74) is 1.41. The fourth-order valence-electron chi connectivity index (χ4n) is 1.75. The molecule has 0 aliphatic heterocycles. The van der Waals surface area contributed by atoms with Gasteiger partial charge in [0.1, 0.15) is 10.9 Å². The van der Waals surface area contributed by atoms with E-state index in [1.54, 1.807) is 24.1 Å². The Morgan fingerprint density at radius 2 is 2.38 bits per heavy atom. The number of furan rings is 1. The number of aliphatic hydroxyl groups is 1. The number of aromatic nitrogens is 2. The summed E-state index contributed by atoms with van der Waals surface area (Å²) < 4.78 is 6.74. The van der Waals surface area contributed by atoms with Gasteiger partial charge in [0.25, 0.3) is 0 Å². The third kappa shape index (κ3) is 1.99. The van der Waals surface area contributed by atoms with Crippen molar-refractivity contribution in [3.63, 3.8) is 0 Å². The lowest BCUT2D eigenvalue weighted by Crippen LogP contribution is -2.02. The predicted octanol–water partition coefficient (Wildman–Crippen LogP) is 2.25. The molecule has 0 spiro atoms. The highest BCUT2D eigenvalue weighted by atomic mass is 35.5. The van der Waals surface area contributed by atoms with Crippen molar-refractivity contribution >= 4 is 11.6 Å². The molecule has 0 bridgehead atoms. The molecule has 2 rings (SSSR count). The van der Waals surface area contributed by atoms with E-state index in [0.29, 0.717) is 17.1 Å². The van der Waals surface area contributed by atoms with Gasteiger partial charge in [-0.05, 0) is 19.1 Å². The van der Waals surface area contributed by atoms with Crippen molar-refractivity contribution in [2.24, 2.45) is 7.05 Å². The summed E-state index contributed by atoms with van der Waals surface area (Å²) in [6.45, 7) is 1.83. The lowest BCUT2D eigenvalue weighted by atomic mass is 10.1. The van der Waals surface area contributed by atoms with Gasteiger partial charge in [0.05, 0.1) is 18.1 Å². The van der Waals surface area contributed by atoms with Gasteiger partial charge in [0.2, 0.25) is 0 Å². The SMILES string of the molecule is Cc1nn(C)c(Cl)c1C(O)Cc1ccco1. The Morgan fingerprint density at radius 1 is 1.62 bits per heavy atom. The summed E-state index contributed by atoms with van der Waals surface area (Å²) >= 11 is 6.06. The topological polar surface area (TPSA) is 51.2 Å². The van der Waals surface area contributed by atoms with Gasteiger partial charge < -0.3 is 9.52 Å². The molecule has 0 saturated heterocycles. The monoisotopic (exact) mass is 240 g/mol. The number of hydrogen-bond acceptors (Lipinski definition) is 3. The van der Waals surface area contributed by atoms with E-state index in [1.165, 1.54) is 0 Å². The molecule has 0 amide bonds. The standard InChI is InChI=1S/C11H13ClN2O2/c1-7-10(11(12)14(2)13-7)9(15)6-8-4-3-5-16-8/h3-5,9,15H,6H2,1-2H3. The second-order valence-corrected chi connectivity index (χ2v) is 4.07. The molecule has 1 N–H and O–H groups in total. The Balaban J connectivity index is 2.24. The minimum atomic E-state index is -0.688. The van der Waals surface area contributed by atoms with Crippen molar-refractivity contribution in [3.8, 4) is 0 Å². The average Bonchev–Trinajstić information content (AvgIpc) is 2.77. The first-order valence-electron chi connectivity index (χ1n) is 4.99. The first-order chi connectivity index (χ1) is 7.59. The maximum atomic E-state index is 10.1. The van der Waals surface area contributed by atoms with Crippen LogP contribution in [0.1, 0.15) is 23.1 Å². The minimum Gasteiger partial charge on any atom is -0.469 e. The lowest BCUT2D eigenvalue weighted by molar-refractivity contribution is 0.170. The molecule has 0 radical (unpaired) electrons. The summed E-state index contributed by atoms with van der Waals surface area (Å²) in [4.78, 5) is 0. The van der Waals surface area contributed by atoms with Gasteiger partial charge in [-0.2, -0.15) is 5.10 Å². The Hall–Kier alpha value is -1.26. The molecular weight excluding hydrogens is 228 g/mol. The molecule has 2 aromatic heterocycles. The zero-order valence-electron chi connectivity index (χ0n) is 9.14. The van der Waals surface area contributed by atoms with Crippen LogP contribution in [0.3, 0.4) is 0 Å². The largest absolute Gasteiger partial charge is 0.469 e. The number of hydrogen-bond donors (Lipinski definition) is 1. The highest BCUT2D eigenvalue weighted by Crippen LogP contribution is 2.28. The molecule has 2 aromatic rings. The maximum absolute atomic E-state index is 10.1. The van der Waals surface area contributed by atoms with E-state index in [2.05, 4.69) is 5.10 Å². The first-order valence-corrected chi connectivity index (χ1v) is 5.37. The van der Waals surface area contributed by atoms with E-state index in [0.717, 1.165) is 11.5 Å². The van der Waals surface area contributed by atoms with Crippen LogP contribution in [0.5, 0.6) is 0 Å². The van der Waals surface area contributed by atoms with Crippen LogP contribution in [0.15, 0.2) is 22.8 Å². The Bertz CT molecular complexity index is 476. The van der Waals surface area contributed by atoms with Crippen LogP contribution in [0.25, 0.3) is 0 Å². The fourth-order valence-corrected chi connectivity index (χ4v) is 2.05. The number of halogens is 1. The van der Waals surface area contributed by atoms with Crippen molar-refractivity contribution in [3.05, 3.63) is 40.6 Å². The molecule has 5 heteroatoms. The molecule has 0 saturated carbocycles. The van der Waals surface area contributed by atoms with Crippen LogP contribution >= 0.6 is 11.6 Å². The van der Waals surface area contributed by atoms with E-state index < -0.39 is 6.10 Å². The van der Waals surface area contributed by atoms with Crippen molar-refractivity contribution in [1.82, 2.24) is 9.78 Å². The highest BCUT2D eigenvalue weighted by Gasteiger charge is 2.20. The number of nitrogens with zero attached hydrogens (tertiary/aromatic N) is 2. The molecule has 86 valence electrons. The van der Waals surface area contributed by atoms with Crippen LogP contribution in [0.4, 0.5) is 0 Å². The molecule has 16 heavy (non-hydrogen) atoms. The van der Waals surface area contributed by atoms with Crippen LogP contribution in [-0.2, 0) is 13.5 Å². The van der Waals surface area contributed by atoms with Gasteiger partial charge in [0, 0.05) is 19.0 Å². The molecule has 0 fully saturated rings. The van der Waals surface area contributed by atoms with E-state index in [1.807, 2.05) is 13.0 Å². The zero-order chi connectivity index (χ0) is 11.7. The van der Waals surface area contributed by atoms with Gasteiger partial charge in [0.15, 0.2) is 0 Å². The van der Waals surface area contributed by atoms with Crippen LogP contribution in [-0.4, -0.2) is 14.9 Å². The fraction of sp³-hybridized carbons (Fsp3) is 0.364. The van der Waals surface area contributed by atoms with Crippen LogP contribution in [0.2, 0.25) is 5.15 Å². The molecule has 4 nitrogen and oxygen atoms in total. The molecular formula is C11H13ClN2O2. The second-order valence-electron chi connectivity index (χ2n) is 3.71. The summed E-state index contributed by atoms with van der Waals surface area (Å²) in [6, 6.07) is 3.61. The minimum absolute atomic E-state index is 0.402. The summed E-state index contributed by atoms with van der Waals surface area (Å²) in [5, 5.41) is 14.7. The van der Waals surface area contributed by atoms with Crippen molar-refractivity contribution < 1.29 is 9.52 Å². The maximum Gasteiger partial charge on any atom is 0.132 e. The Kier molecular flexibility index (Phi) is 3.03. The van der Waals surface area contributed by atoms with Gasteiger partial charge in [-0.3, -0.25) is 4.68 Å². The first kappa shape index (κ1) is 11.2. The molecule has 1 unspecified atom stereocenters. The summed E-state index contributed by atoms with van der Waals surface area (Å²) in [5.74, 6) is 0.729. The van der Waals surface area contributed by atoms with Crippen molar-refractivity contribution in [2.45, 2.75) is 19.4 Å². The molecule has 1 atom stereocenters. The molecule has 0 aliphatic rings. The van der Waals surface area contributed by atoms with E-state index in [9.17, 15) is 5.11 Å². The third-order valence-corrected chi connectivity index (χ3v) is 2.95. The van der Waals surface area contributed by atoms with Crippen LogP contribution < -0.4 is 0 Å². The van der Waals surface area contributed by atoms with E-state index in [4.69, 9.17) is 16.0 Å². The summed E-state index contributed by atoms with van der Waals surface area (Å²) in [7, 11) is 1.75. The molecule has 0 aliphatic carbocycles. The molecule has 2 heterocycles. The van der Waals surface area contributed by atoms with Crippen LogP contribution in [0, 0.1) is 6.92 Å². The lowest BCUT2D eigenvalue weighted by Gasteiger charge is -2.08.